The fourth-order valence-electron chi connectivity index (χ4n) is 4.15. The molecule has 5 rings (SSSR count). The smallest absolute Gasteiger partial charge is 0.410 e. The predicted molar refractivity (Wildman–Crippen MR) is 140 cm³/mol. The van der Waals surface area contributed by atoms with Crippen molar-refractivity contribution < 1.29 is 13.9 Å². The van der Waals surface area contributed by atoms with E-state index in [0.717, 1.165) is 21.5 Å². The fraction of sp³-hybridized carbons (Fsp3) is 0.308. The number of hydrogen-bond acceptors (Lipinski definition) is 6. The Morgan fingerprint density at radius 1 is 1.00 bits per heavy atom. The van der Waals surface area contributed by atoms with Crippen LogP contribution < -0.4 is 4.90 Å². The molecule has 1 aliphatic heterocycles. The highest BCUT2D eigenvalue weighted by Crippen LogP contribution is 2.33. The number of halogens is 2. The molecule has 3 aromatic heterocycles. The quantitative estimate of drug-likeness (QED) is 0.336. The second-order valence-electron chi connectivity index (χ2n) is 9.57. The van der Waals surface area contributed by atoms with E-state index in [1.165, 1.54) is 12.1 Å². The molecule has 0 radical (unpaired) electrons. The summed E-state index contributed by atoms with van der Waals surface area (Å²) in [5.41, 5.74) is 2.47. The lowest BCUT2D eigenvalue weighted by Crippen LogP contribution is -2.50. The van der Waals surface area contributed by atoms with Gasteiger partial charge in [0.05, 0.1) is 10.2 Å². The van der Waals surface area contributed by atoms with Crippen molar-refractivity contribution in [3.05, 3.63) is 65.1 Å². The van der Waals surface area contributed by atoms with E-state index in [2.05, 4.69) is 25.8 Å². The van der Waals surface area contributed by atoms with Gasteiger partial charge in [-0.15, -0.1) is 0 Å². The van der Waals surface area contributed by atoms with Gasteiger partial charge < -0.3 is 14.5 Å². The summed E-state index contributed by atoms with van der Waals surface area (Å²) in [6.45, 7) is 7.89. The van der Waals surface area contributed by atoms with Crippen LogP contribution in [0.4, 0.5) is 15.0 Å². The van der Waals surface area contributed by atoms with E-state index in [-0.39, 0.29) is 11.9 Å². The number of benzene rings is 1. The number of anilines is 1. The molecule has 10 heteroatoms. The number of pyridine rings is 2. The van der Waals surface area contributed by atoms with Gasteiger partial charge in [0, 0.05) is 44.1 Å². The molecule has 0 spiro atoms. The lowest BCUT2D eigenvalue weighted by atomic mass is 10.2. The molecular formula is C26H26BrFN6O2. The van der Waals surface area contributed by atoms with Crippen LogP contribution in [-0.4, -0.2) is 62.3 Å². The van der Waals surface area contributed by atoms with Crippen LogP contribution in [-0.2, 0) is 4.74 Å². The average Bonchev–Trinajstić information content (AvgIpc) is 3.21. The molecule has 0 aliphatic carbocycles. The van der Waals surface area contributed by atoms with Gasteiger partial charge >= 0.3 is 6.09 Å². The zero-order valence-electron chi connectivity index (χ0n) is 20.3. The van der Waals surface area contributed by atoms with E-state index in [4.69, 9.17) is 14.7 Å². The molecule has 0 saturated carbocycles. The summed E-state index contributed by atoms with van der Waals surface area (Å²) < 4.78 is 21.9. The van der Waals surface area contributed by atoms with Crippen LogP contribution >= 0.6 is 15.9 Å². The van der Waals surface area contributed by atoms with Gasteiger partial charge in [-0.05, 0) is 79.2 Å². The minimum atomic E-state index is -0.530. The monoisotopic (exact) mass is 552 g/mol. The maximum Gasteiger partial charge on any atom is 0.410 e. The van der Waals surface area contributed by atoms with Crippen LogP contribution in [0.2, 0.25) is 0 Å². The van der Waals surface area contributed by atoms with E-state index in [1.807, 2.05) is 43.5 Å². The summed E-state index contributed by atoms with van der Waals surface area (Å²) >= 11 is 3.67. The van der Waals surface area contributed by atoms with E-state index >= 15 is 0 Å². The normalized spacial score (nSPS) is 14.4. The highest BCUT2D eigenvalue weighted by Gasteiger charge is 2.28. The van der Waals surface area contributed by atoms with Gasteiger partial charge in [-0.2, -0.15) is 0 Å². The van der Waals surface area contributed by atoms with Crippen molar-refractivity contribution in [1.29, 1.82) is 0 Å². The zero-order valence-corrected chi connectivity index (χ0v) is 21.9. The number of nitrogens with zero attached hydrogens (tertiary/aromatic N) is 6. The molecule has 1 aromatic carbocycles. The van der Waals surface area contributed by atoms with Crippen LogP contribution in [0, 0.1) is 5.82 Å². The van der Waals surface area contributed by atoms with Crippen molar-refractivity contribution >= 4 is 39.0 Å². The van der Waals surface area contributed by atoms with Crippen LogP contribution in [0.5, 0.6) is 0 Å². The molecule has 1 fully saturated rings. The molecule has 36 heavy (non-hydrogen) atoms. The Hall–Kier alpha value is -3.53. The Morgan fingerprint density at radius 3 is 2.31 bits per heavy atom. The minimum absolute atomic E-state index is 0.302. The third-order valence-corrected chi connectivity index (χ3v) is 6.41. The number of carbonyl (C=O) groups excluding carboxylic acids is 1. The molecule has 4 heterocycles. The van der Waals surface area contributed by atoms with Crippen molar-refractivity contribution in [3.63, 3.8) is 0 Å². The largest absolute Gasteiger partial charge is 0.444 e. The van der Waals surface area contributed by atoms with Gasteiger partial charge in [0.2, 0.25) is 0 Å². The summed E-state index contributed by atoms with van der Waals surface area (Å²) in [6.07, 6.45) is 3.13. The molecule has 4 aromatic rings. The van der Waals surface area contributed by atoms with Crippen LogP contribution in [0.25, 0.3) is 28.2 Å². The van der Waals surface area contributed by atoms with Crippen molar-refractivity contribution in [2.45, 2.75) is 26.4 Å². The van der Waals surface area contributed by atoms with Crippen LogP contribution in [0.1, 0.15) is 20.8 Å². The number of carbonyl (C=O) groups is 1. The SMILES string of the molecule is CC(C)(C)OC(=O)N1CCN(c2nc3c(cc2Br)nc(-c2ccc(F)cc2)n3-c2ccncc2)CC1. The maximum atomic E-state index is 13.6. The number of hydrogen-bond donors (Lipinski definition) is 0. The lowest BCUT2D eigenvalue weighted by molar-refractivity contribution is 0.0240. The molecule has 0 bridgehead atoms. The van der Waals surface area contributed by atoms with Gasteiger partial charge in [0.15, 0.2) is 5.65 Å². The van der Waals surface area contributed by atoms with Crippen LogP contribution in [0.15, 0.2) is 59.3 Å². The van der Waals surface area contributed by atoms with E-state index in [0.29, 0.717) is 43.2 Å². The highest BCUT2D eigenvalue weighted by atomic mass is 79.9. The van der Waals surface area contributed by atoms with E-state index in [9.17, 15) is 9.18 Å². The molecule has 0 N–H and O–H groups in total. The molecule has 8 nitrogen and oxygen atoms in total. The first-order valence-electron chi connectivity index (χ1n) is 11.7. The van der Waals surface area contributed by atoms with Crippen molar-refractivity contribution in [2.24, 2.45) is 0 Å². The summed E-state index contributed by atoms with van der Waals surface area (Å²) in [5.74, 6) is 1.12. The summed E-state index contributed by atoms with van der Waals surface area (Å²) in [6, 6.07) is 12.0. The molecule has 1 amide bonds. The van der Waals surface area contributed by atoms with Gasteiger partial charge in [0.1, 0.15) is 28.6 Å². The molecule has 0 unspecified atom stereocenters. The van der Waals surface area contributed by atoms with Crippen molar-refractivity contribution in [2.75, 3.05) is 31.1 Å². The number of fused-ring (bicyclic) bond motifs is 1. The number of rotatable bonds is 3. The predicted octanol–water partition coefficient (Wildman–Crippen LogP) is 5.44. The molecule has 1 aliphatic rings. The average molecular weight is 553 g/mol. The first-order chi connectivity index (χ1) is 17.2. The van der Waals surface area contributed by atoms with Crippen molar-refractivity contribution in [3.8, 4) is 17.1 Å². The third-order valence-electron chi connectivity index (χ3n) is 5.82. The Labute approximate surface area is 216 Å². The Bertz CT molecular complexity index is 1390. The number of imidazole rings is 1. The topological polar surface area (TPSA) is 76.4 Å². The fourth-order valence-corrected chi connectivity index (χ4v) is 4.71. The summed E-state index contributed by atoms with van der Waals surface area (Å²) in [5, 5.41) is 0. The van der Waals surface area contributed by atoms with Gasteiger partial charge in [0.25, 0.3) is 0 Å². The van der Waals surface area contributed by atoms with Crippen molar-refractivity contribution in [1.82, 2.24) is 24.4 Å². The molecule has 186 valence electrons. The van der Waals surface area contributed by atoms with Gasteiger partial charge in [-0.1, -0.05) is 0 Å². The summed E-state index contributed by atoms with van der Waals surface area (Å²) in [4.78, 5) is 30.3. The number of amides is 1. The minimum Gasteiger partial charge on any atom is -0.444 e. The molecule has 1 saturated heterocycles. The Balaban J connectivity index is 1.51. The zero-order chi connectivity index (χ0) is 25.4. The summed E-state index contributed by atoms with van der Waals surface area (Å²) in [7, 11) is 0. The van der Waals surface area contributed by atoms with Gasteiger partial charge in [-0.3, -0.25) is 9.55 Å². The number of ether oxygens (including phenoxy) is 1. The second kappa shape index (κ2) is 9.50. The van der Waals surface area contributed by atoms with Gasteiger partial charge in [-0.25, -0.2) is 19.2 Å². The number of piperazine rings is 1. The first kappa shape index (κ1) is 24.2. The highest BCUT2D eigenvalue weighted by molar-refractivity contribution is 9.10. The molecular weight excluding hydrogens is 527 g/mol. The Morgan fingerprint density at radius 2 is 1.67 bits per heavy atom. The van der Waals surface area contributed by atoms with E-state index in [1.54, 1.807) is 29.4 Å². The second-order valence-corrected chi connectivity index (χ2v) is 10.4. The lowest BCUT2D eigenvalue weighted by Gasteiger charge is -2.36. The third kappa shape index (κ3) is 4.90. The Kier molecular flexibility index (Phi) is 6.38. The standard InChI is InChI=1S/C26H26BrFN6O2/c1-26(2,3)36-25(35)33-14-12-32(13-15-33)23-20(27)16-21-24(31-23)34(19-8-10-29-11-9-19)22(30-21)17-4-6-18(28)7-5-17/h4-11,16H,12-15H2,1-3H3. The molecule has 0 atom stereocenters. The van der Waals surface area contributed by atoms with Crippen LogP contribution in [0.3, 0.4) is 0 Å². The number of aromatic nitrogens is 4. The van der Waals surface area contributed by atoms with E-state index < -0.39 is 5.60 Å². The maximum absolute atomic E-state index is 13.6. The first-order valence-corrected chi connectivity index (χ1v) is 12.5.